The molecule has 6 aromatic rings. The Bertz CT molecular complexity index is 2860. The molecular formula is C65H70F6S2. The first-order valence-corrected chi connectivity index (χ1v) is 28.1. The van der Waals surface area contributed by atoms with E-state index in [-0.39, 0.29) is 11.1 Å². The predicted molar refractivity (Wildman–Crippen MR) is 298 cm³/mol. The van der Waals surface area contributed by atoms with Crippen molar-refractivity contribution in [2.24, 2.45) is 0 Å². The summed E-state index contributed by atoms with van der Waals surface area (Å²) in [4.78, 5) is 2.03. The van der Waals surface area contributed by atoms with Crippen LogP contribution in [-0.4, -0.2) is 17.8 Å². The lowest BCUT2D eigenvalue weighted by molar-refractivity contribution is -0.254. The summed E-state index contributed by atoms with van der Waals surface area (Å²) in [5.74, 6) is -3.55. The van der Waals surface area contributed by atoms with Crippen LogP contribution in [0.2, 0.25) is 0 Å². The molecule has 0 unspecified atom stereocenters. The Balaban J connectivity index is 1.53. The van der Waals surface area contributed by atoms with Gasteiger partial charge in [-0.25, -0.2) is 0 Å². The maximum absolute atomic E-state index is 17.4. The van der Waals surface area contributed by atoms with Gasteiger partial charge in [-0.2, -0.15) is 26.3 Å². The van der Waals surface area contributed by atoms with Gasteiger partial charge in [-0.15, -0.1) is 22.7 Å². The molecule has 1 aliphatic carbocycles. The number of rotatable bonds is 18. The second-order valence-corrected chi connectivity index (χ2v) is 22.5. The lowest BCUT2D eigenvalue weighted by atomic mass is 9.85. The molecule has 0 N–H and O–H groups in total. The third-order valence-electron chi connectivity index (χ3n) is 14.1. The minimum absolute atomic E-state index is 0.190. The highest BCUT2D eigenvalue weighted by Crippen LogP contribution is 2.68. The van der Waals surface area contributed by atoms with Gasteiger partial charge in [-0.05, 0) is 170 Å². The van der Waals surface area contributed by atoms with Gasteiger partial charge in [-0.3, -0.25) is 0 Å². The minimum atomic E-state index is -5.71. The third kappa shape index (κ3) is 11.1. The van der Waals surface area contributed by atoms with E-state index in [0.29, 0.717) is 43.5 Å². The molecule has 0 bridgehead atoms. The first kappa shape index (κ1) is 55.5. The molecular weight excluding hydrogens is 959 g/mol. The van der Waals surface area contributed by atoms with Crippen LogP contribution in [0.4, 0.5) is 26.3 Å². The monoisotopic (exact) mass is 1030 g/mol. The normalized spacial score (nSPS) is 14.7. The molecule has 0 fully saturated rings. The Hall–Kier alpha value is -5.28. The van der Waals surface area contributed by atoms with Gasteiger partial charge in [0.05, 0.1) is 0 Å². The van der Waals surface area contributed by atoms with Crippen molar-refractivity contribution in [3.05, 3.63) is 161 Å². The molecule has 2 aromatic heterocycles. The van der Waals surface area contributed by atoms with Crippen LogP contribution < -0.4 is 0 Å². The van der Waals surface area contributed by atoms with Crippen LogP contribution in [0.15, 0.2) is 84.9 Å². The van der Waals surface area contributed by atoms with E-state index in [1.54, 1.807) is 13.8 Å². The second-order valence-electron chi connectivity index (χ2n) is 20.4. The Morgan fingerprint density at radius 2 is 0.781 bits per heavy atom. The largest absolute Gasteiger partial charge is 0.380 e. The molecule has 0 aliphatic heterocycles. The SMILES string of the molecule is CCCCc1cc(-c2sc(C(C)C)c(C3=C(c4c(C(C)C)sc(-c5cc(CCCC)c(C#Cc6ccccc6)cc5CCCC)c4C)C(F)(F)C(F)(F)C3(F)F)c2C)c(CCCC)cc1C#Cc1ccccc1. The quantitative estimate of drug-likeness (QED) is 0.0594. The van der Waals surface area contributed by atoms with E-state index in [9.17, 15) is 0 Å². The van der Waals surface area contributed by atoms with E-state index in [4.69, 9.17) is 0 Å². The molecule has 0 spiro atoms. The zero-order valence-corrected chi connectivity index (χ0v) is 45.9. The number of unbranched alkanes of at least 4 members (excludes halogenated alkanes) is 4. The Morgan fingerprint density at radius 1 is 0.452 bits per heavy atom. The van der Waals surface area contributed by atoms with Crippen LogP contribution in [0.25, 0.3) is 32.0 Å². The van der Waals surface area contributed by atoms with Crippen LogP contribution in [0.5, 0.6) is 0 Å². The number of alkyl halides is 6. The highest BCUT2D eigenvalue weighted by Gasteiger charge is 2.81. The average molecular weight is 1030 g/mol. The predicted octanol–water partition coefficient (Wildman–Crippen LogP) is 20.0. The van der Waals surface area contributed by atoms with Gasteiger partial charge < -0.3 is 0 Å². The molecule has 73 heavy (non-hydrogen) atoms. The van der Waals surface area contributed by atoms with Crippen molar-refractivity contribution < 1.29 is 26.3 Å². The van der Waals surface area contributed by atoms with Crippen LogP contribution in [0.3, 0.4) is 0 Å². The molecule has 0 atom stereocenters. The molecule has 0 radical (unpaired) electrons. The fourth-order valence-corrected chi connectivity index (χ4v) is 12.8. The summed E-state index contributed by atoms with van der Waals surface area (Å²) in [6, 6.07) is 27.9. The second kappa shape index (κ2) is 23.5. The van der Waals surface area contributed by atoms with E-state index in [0.717, 1.165) is 120 Å². The average Bonchev–Trinajstić information content (AvgIpc) is 3.92. The first-order valence-electron chi connectivity index (χ1n) is 26.5. The van der Waals surface area contributed by atoms with Crippen molar-refractivity contribution in [3.8, 4) is 44.6 Å². The van der Waals surface area contributed by atoms with Crippen LogP contribution in [0.1, 0.15) is 195 Å². The summed E-state index contributed by atoms with van der Waals surface area (Å²) < 4.78 is 103. The van der Waals surface area contributed by atoms with Gasteiger partial charge in [-0.1, -0.05) is 141 Å². The number of benzene rings is 4. The first-order chi connectivity index (χ1) is 34.8. The smallest absolute Gasteiger partial charge is 0.194 e. The lowest BCUT2D eigenvalue weighted by Crippen LogP contribution is -2.49. The fourth-order valence-electron chi connectivity index (χ4n) is 10.1. The highest BCUT2D eigenvalue weighted by molar-refractivity contribution is 7.16. The molecule has 2 heterocycles. The minimum Gasteiger partial charge on any atom is -0.194 e. The van der Waals surface area contributed by atoms with Crippen molar-refractivity contribution >= 4 is 33.8 Å². The zero-order valence-electron chi connectivity index (χ0n) is 44.3. The van der Waals surface area contributed by atoms with E-state index in [1.807, 2.05) is 88.4 Å². The number of hydrogen-bond donors (Lipinski definition) is 0. The zero-order chi connectivity index (χ0) is 52.8. The molecule has 0 saturated heterocycles. The summed E-state index contributed by atoms with van der Waals surface area (Å²) in [6.07, 6.45) is 9.89. The number of hydrogen-bond acceptors (Lipinski definition) is 2. The summed E-state index contributed by atoms with van der Waals surface area (Å²) in [6.45, 7) is 19.1. The molecule has 7 rings (SSSR count). The fraction of sp³-hybridized carbons (Fsp3) is 0.415. The summed E-state index contributed by atoms with van der Waals surface area (Å²) in [5.41, 5.74) is 6.80. The Morgan fingerprint density at radius 3 is 1.10 bits per heavy atom. The Labute approximate surface area is 439 Å². The van der Waals surface area contributed by atoms with Gasteiger partial charge in [0.15, 0.2) is 0 Å². The lowest BCUT2D eigenvalue weighted by Gasteiger charge is -2.26. The maximum atomic E-state index is 17.4. The summed E-state index contributed by atoms with van der Waals surface area (Å²) in [7, 11) is 0. The van der Waals surface area contributed by atoms with Crippen LogP contribution >= 0.6 is 22.7 Å². The van der Waals surface area contributed by atoms with E-state index < -0.39 is 40.7 Å². The summed E-state index contributed by atoms with van der Waals surface area (Å²) in [5, 5.41) is 0. The van der Waals surface area contributed by atoms with Gasteiger partial charge in [0, 0.05) is 64.0 Å². The van der Waals surface area contributed by atoms with Gasteiger partial charge in [0.2, 0.25) is 0 Å². The molecule has 384 valence electrons. The van der Waals surface area contributed by atoms with Crippen molar-refractivity contribution in [2.75, 3.05) is 0 Å². The molecule has 0 saturated carbocycles. The van der Waals surface area contributed by atoms with Crippen LogP contribution in [-0.2, 0) is 25.7 Å². The molecule has 8 heteroatoms. The number of allylic oxidation sites excluding steroid dienone is 2. The van der Waals surface area contributed by atoms with Crippen molar-refractivity contribution in [3.63, 3.8) is 0 Å². The number of aryl methyl sites for hydroxylation is 4. The number of halogens is 6. The summed E-state index contributed by atoms with van der Waals surface area (Å²) >= 11 is 2.53. The molecule has 0 amide bonds. The van der Waals surface area contributed by atoms with Crippen LogP contribution in [0, 0.1) is 37.5 Å². The maximum Gasteiger partial charge on any atom is 0.380 e. The van der Waals surface area contributed by atoms with E-state index >= 15 is 26.3 Å². The molecule has 1 aliphatic rings. The van der Waals surface area contributed by atoms with Crippen molar-refractivity contribution in [1.82, 2.24) is 0 Å². The van der Waals surface area contributed by atoms with Gasteiger partial charge in [0.1, 0.15) is 0 Å². The van der Waals surface area contributed by atoms with E-state index in [1.165, 1.54) is 22.7 Å². The molecule has 4 aromatic carbocycles. The van der Waals surface area contributed by atoms with Gasteiger partial charge >= 0.3 is 17.8 Å². The number of thiophene rings is 2. The van der Waals surface area contributed by atoms with Crippen molar-refractivity contribution in [1.29, 1.82) is 0 Å². The molecule has 0 nitrogen and oxygen atoms in total. The van der Waals surface area contributed by atoms with Gasteiger partial charge in [0.25, 0.3) is 0 Å². The standard InChI is InChI=1S/C65H70F6S2/c1-11-15-29-47-39-53(51(31-17-13-3)37-49(47)35-33-45-25-21-19-22-26-45)61-43(9)55(59(72-61)41(5)6)57-58(64(68,69)65(70,71)63(57,66)67)56-44(10)62(73-60(56)42(7)8)54-40-48(30-16-12-2)50(38-52(54)32-18-14-4)36-34-46-27-23-20-24-28-46/h19-28,37-42H,11-18,29-32H2,1-10H3. The topological polar surface area (TPSA) is 0 Å². The third-order valence-corrected chi connectivity index (χ3v) is 17.4. The van der Waals surface area contributed by atoms with Crippen molar-refractivity contribution in [2.45, 2.75) is 176 Å². The highest BCUT2D eigenvalue weighted by atomic mass is 32.1. The Kier molecular flexibility index (Phi) is 17.9. The van der Waals surface area contributed by atoms with E-state index in [2.05, 4.69) is 75.6 Å².